The van der Waals surface area contributed by atoms with Crippen LogP contribution in [0.4, 0.5) is 5.00 Å². The van der Waals surface area contributed by atoms with Crippen molar-refractivity contribution in [3.63, 3.8) is 0 Å². The summed E-state index contributed by atoms with van der Waals surface area (Å²) in [6.45, 7) is 2.47. The predicted octanol–water partition coefficient (Wildman–Crippen LogP) is 3.59. The maximum atomic E-state index is 13.0. The van der Waals surface area contributed by atoms with Gasteiger partial charge in [-0.15, -0.1) is 22.7 Å². The van der Waals surface area contributed by atoms with Gasteiger partial charge in [0, 0.05) is 13.0 Å². The lowest BCUT2D eigenvalue weighted by Gasteiger charge is -2.08. The number of rotatable bonds is 3. The Morgan fingerprint density at radius 2 is 2.04 bits per heavy atom. The molecule has 4 rings (SSSR count). The molecule has 28 heavy (non-hydrogen) atoms. The molecule has 0 spiro atoms. The fourth-order valence-electron chi connectivity index (χ4n) is 3.41. The highest BCUT2D eigenvalue weighted by atomic mass is 32.1. The normalized spacial score (nSPS) is 13.8. The highest BCUT2D eigenvalue weighted by Crippen LogP contribution is 2.30. The SMILES string of the molecule is COC(=O)c1ccc(NC(=O)c2sc3nc4n(c(=O)c3c2C)CCCCC4)s1. The van der Waals surface area contributed by atoms with Gasteiger partial charge in [0.1, 0.15) is 15.5 Å². The summed E-state index contributed by atoms with van der Waals surface area (Å²) < 4.78 is 6.45. The van der Waals surface area contributed by atoms with Gasteiger partial charge in [0.15, 0.2) is 0 Å². The molecule has 0 atom stereocenters. The number of thiophene rings is 2. The smallest absolute Gasteiger partial charge is 0.348 e. The molecule has 4 heterocycles. The van der Waals surface area contributed by atoms with Crippen molar-refractivity contribution < 1.29 is 14.3 Å². The average Bonchev–Trinajstić information content (AvgIpc) is 3.18. The third-order valence-corrected chi connectivity index (χ3v) is 7.01. The summed E-state index contributed by atoms with van der Waals surface area (Å²) in [5.74, 6) is 0.0600. The van der Waals surface area contributed by atoms with Crippen LogP contribution in [0.1, 0.15) is 50.0 Å². The molecule has 3 aromatic rings. The predicted molar refractivity (Wildman–Crippen MR) is 110 cm³/mol. The first kappa shape index (κ1) is 18.8. The van der Waals surface area contributed by atoms with Crippen LogP contribution in [0, 0.1) is 6.92 Å². The summed E-state index contributed by atoms with van der Waals surface area (Å²) in [6, 6.07) is 3.27. The van der Waals surface area contributed by atoms with Gasteiger partial charge in [0.25, 0.3) is 11.5 Å². The molecule has 0 unspecified atom stereocenters. The largest absolute Gasteiger partial charge is 0.465 e. The zero-order chi connectivity index (χ0) is 19.8. The molecule has 0 fully saturated rings. The first-order valence-electron chi connectivity index (χ1n) is 9.02. The highest BCUT2D eigenvalue weighted by Gasteiger charge is 2.22. The number of carbonyl (C=O) groups excluding carboxylic acids is 2. The minimum atomic E-state index is -0.442. The van der Waals surface area contributed by atoms with E-state index in [2.05, 4.69) is 15.0 Å². The number of methoxy groups -OCH3 is 1. The topological polar surface area (TPSA) is 90.3 Å². The third kappa shape index (κ3) is 3.24. The standard InChI is InChI=1S/C19H19N3O4S2/c1-10-14-17(20-12-6-4-3-5-9-22(12)18(14)24)28-15(10)16(23)21-13-8-7-11(27-13)19(25)26-2/h7-8H,3-6,9H2,1-2H3,(H,21,23). The van der Waals surface area contributed by atoms with E-state index in [4.69, 9.17) is 0 Å². The van der Waals surface area contributed by atoms with Crippen LogP contribution >= 0.6 is 22.7 Å². The van der Waals surface area contributed by atoms with E-state index in [-0.39, 0.29) is 11.5 Å². The van der Waals surface area contributed by atoms with E-state index in [1.54, 1.807) is 23.6 Å². The third-order valence-electron chi connectivity index (χ3n) is 4.85. The summed E-state index contributed by atoms with van der Waals surface area (Å²) in [5, 5.41) is 3.88. The van der Waals surface area contributed by atoms with Gasteiger partial charge in [0.05, 0.1) is 22.4 Å². The Hall–Kier alpha value is -2.52. The molecule has 1 aliphatic heterocycles. The van der Waals surface area contributed by atoms with Gasteiger partial charge in [0.2, 0.25) is 0 Å². The first-order valence-corrected chi connectivity index (χ1v) is 10.6. The van der Waals surface area contributed by atoms with Crippen molar-refractivity contribution in [1.82, 2.24) is 9.55 Å². The first-order chi connectivity index (χ1) is 13.5. The number of amides is 1. The zero-order valence-electron chi connectivity index (χ0n) is 15.5. The minimum Gasteiger partial charge on any atom is -0.465 e. The number of fused-ring (bicyclic) bond motifs is 2. The molecule has 0 aromatic carbocycles. The second-order valence-electron chi connectivity index (χ2n) is 6.64. The molecule has 1 aliphatic rings. The number of ether oxygens (including phenoxy) is 1. The fourth-order valence-corrected chi connectivity index (χ4v) is 5.32. The molecule has 0 bridgehead atoms. The maximum Gasteiger partial charge on any atom is 0.348 e. The van der Waals surface area contributed by atoms with Crippen molar-refractivity contribution in [2.75, 3.05) is 12.4 Å². The quantitative estimate of drug-likeness (QED) is 0.658. The molecule has 1 amide bonds. The van der Waals surface area contributed by atoms with Crippen LogP contribution in [-0.4, -0.2) is 28.5 Å². The Labute approximate surface area is 169 Å². The molecule has 0 saturated carbocycles. The number of hydrogen-bond donors (Lipinski definition) is 1. The van der Waals surface area contributed by atoms with E-state index in [9.17, 15) is 14.4 Å². The van der Waals surface area contributed by atoms with Crippen LogP contribution in [0.2, 0.25) is 0 Å². The molecular formula is C19H19N3O4S2. The lowest BCUT2D eigenvalue weighted by molar-refractivity contribution is 0.0606. The number of hydrogen-bond acceptors (Lipinski definition) is 7. The molecular weight excluding hydrogens is 398 g/mol. The van der Waals surface area contributed by atoms with Crippen molar-refractivity contribution >= 4 is 49.8 Å². The maximum absolute atomic E-state index is 13.0. The van der Waals surface area contributed by atoms with Gasteiger partial charge in [-0.25, -0.2) is 9.78 Å². The van der Waals surface area contributed by atoms with Gasteiger partial charge in [-0.3, -0.25) is 14.2 Å². The summed E-state index contributed by atoms with van der Waals surface area (Å²) in [6.07, 6.45) is 3.88. The Morgan fingerprint density at radius 1 is 1.21 bits per heavy atom. The molecule has 9 heteroatoms. The molecule has 1 N–H and O–H groups in total. The number of aryl methyl sites for hydroxylation is 2. The lowest BCUT2D eigenvalue weighted by atomic mass is 10.2. The Balaban J connectivity index is 1.69. The number of anilines is 1. The summed E-state index contributed by atoms with van der Waals surface area (Å²) in [4.78, 5) is 43.5. The van der Waals surface area contributed by atoms with Crippen molar-refractivity contribution in [3.05, 3.63) is 43.6 Å². The van der Waals surface area contributed by atoms with Crippen LogP contribution in [-0.2, 0) is 17.7 Å². The highest BCUT2D eigenvalue weighted by molar-refractivity contribution is 7.21. The van der Waals surface area contributed by atoms with Crippen LogP contribution in [0.5, 0.6) is 0 Å². The van der Waals surface area contributed by atoms with Crippen molar-refractivity contribution in [2.24, 2.45) is 0 Å². The summed E-state index contributed by atoms with van der Waals surface area (Å²) >= 11 is 2.38. The van der Waals surface area contributed by atoms with Gasteiger partial charge in [-0.2, -0.15) is 0 Å². The van der Waals surface area contributed by atoms with Gasteiger partial charge in [-0.1, -0.05) is 6.42 Å². The van der Waals surface area contributed by atoms with Crippen molar-refractivity contribution in [1.29, 1.82) is 0 Å². The minimum absolute atomic E-state index is 0.0567. The number of nitrogens with one attached hydrogen (secondary N) is 1. The summed E-state index contributed by atoms with van der Waals surface area (Å²) in [5.41, 5.74) is 0.595. The molecule has 7 nitrogen and oxygen atoms in total. The van der Waals surface area contributed by atoms with E-state index in [1.165, 1.54) is 18.4 Å². The van der Waals surface area contributed by atoms with Crippen molar-refractivity contribution in [2.45, 2.75) is 39.2 Å². The van der Waals surface area contributed by atoms with Crippen LogP contribution in [0.25, 0.3) is 10.2 Å². The Bertz CT molecular complexity index is 1140. The van der Waals surface area contributed by atoms with Crippen LogP contribution in [0.3, 0.4) is 0 Å². The molecule has 0 saturated heterocycles. The molecule has 0 aliphatic carbocycles. The number of nitrogens with zero attached hydrogens (tertiary/aromatic N) is 2. The molecule has 0 radical (unpaired) electrons. The van der Waals surface area contributed by atoms with E-state index in [0.29, 0.717) is 37.1 Å². The number of aromatic nitrogens is 2. The van der Waals surface area contributed by atoms with E-state index in [1.807, 2.05) is 0 Å². The Morgan fingerprint density at radius 3 is 2.82 bits per heavy atom. The van der Waals surface area contributed by atoms with E-state index < -0.39 is 5.97 Å². The Kier molecular flexibility index (Phi) is 5.03. The molecule has 146 valence electrons. The monoisotopic (exact) mass is 417 g/mol. The van der Waals surface area contributed by atoms with Crippen LogP contribution < -0.4 is 10.9 Å². The van der Waals surface area contributed by atoms with E-state index >= 15 is 0 Å². The average molecular weight is 418 g/mol. The second-order valence-corrected chi connectivity index (χ2v) is 8.72. The number of carbonyl (C=O) groups is 2. The fraction of sp³-hybridized carbons (Fsp3) is 0.368. The zero-order valence-corrected chi connectivity index (χ0v) is 17.2. The van der Waals surface area contributed by atoms with Gasteiger partial charge >= 0.3 is 5.97 Å². The van der Waals surface area contributed by atoms with E-state index in [0.717, 1.165) is 42.8 Å². The lowest BCUT2D eigenvalue weighted by Crippen LogP contribution is -2.24. The molecule has 3 aromatic heterocycles. The van der Waals surface area contributed by atoms with Crippen LogP contribution in [0.15, 0.2) is 16.9 Å². The number of esters is 1. The summed E-state index contributed by atoms with van der Waals surface area (Å²) in [7, 11) is 1.31. The second kappa shape index (κ2) is 7.48. The van der Waals surface area contributed by atoms with Gasteiger partial charge in [-0.05, 0) is 37.5 Å². The van der Waals surface area contributed by atoms with Crippen molar-refractivity contribution in [3.8, 4) is 0 Å². The van der Waals surface area contributed by atoms with Gasteiger partial charge < -0.3 is 10.1 Å².